The number of piperazine rings is 1. The molecule has 2 rings (SSSR count). The molecule has 1 aromatic carbocycles. The fourth-order valence-electron chi connectivity index (χ4n) is 2.22. The molecule has 2 atom stereocenters. The molecule has 1 fully saturated rings. The van der Waals surface area contributed by atoms with Crippen LogP contribution in [0.5, 0.6) is 0 Å². The number of carbonyl (C=O) groups is 1. The van der Waals surface area contributed by atoms with Crippen molar-refractivity contribution in [2.75, 3.05) is 13.1 Å². The third-order valence-corrected chi connectivity index (χ3v) is 3.33. The van der Waals surface area contributed by atoms with Crippen molar-refractivity contribution in [3.63, 3.8) is 0 Å². The minimum atomic E-state index is -0.486. The van der Waals surface area contributed by atoms with Gasteiger partial charge in [-0.3, -0.25) is 14.9 Å². The van der Waals surface area contributed by atoms with Gasteiger partial charge in [0, 0.05) is 42.9 Å². The summed E-state index contributed by atoms with van der Waals surface area (Å²) < 4.78 is 0. The van der Waals surface area contributed by atoms with Gasteiger partial charge in [0.2, 0.25) is 0 Å². The van der Waals surface area contributed by atoms with Gasteiger partial charge in [0.25, 0.3) is 11.6 Å². The highest BCUT2D eigenvalue weighted by Crippen LogP contribution is 2.17. The molecule has 1 saturated heterocycles. The lowest BCUT2D eigenvalue weighted by Gasteiger charge is -2.37. The van der Waals surface area contributed by atoms with Crippen LogP contribution < -0.4 is 5.32 Å². The van der Waals surface area contributed by atoms with E-state index in [2.05, 4.69) is 5.32 Å². The summed E-state index contributed by atoms with van der Waals surface area (Å²) in [4.78, 5) is 24.4. The Morgan fingerprint density at radius 1 is 1.47 bits per heavy atom. The van der Waals surface area contributed by atoms with Crippen LogP contribution in [0.1, 0.15) is 24.2 Å². The van der Waals surface area contributed by atoms with E-state index in [0.29, 0.717) is 12.1 Å². The van der Waals surface area contributed by atoms with E-state index in [4.69, 9.17) is 0 Å². The Kier molecular flexibility index (Phi) is 3.80. The SMILES string of the molecule is CC1CN(C(=O)c2cccc([N+](=O)[O-])c2)C(C)CN1. The monoisotopic (exact) mass is 263 g/mol. The largest absolute Gasteiger partial charge is 0.333 e. The number of non-ortho nitro benzene ring substituents is 1. The summed E-state index contributed by atoms with van der Waals surface area (Å²) in [7, 11) is 0. The highest BCUT2D eigenvalue weighted by atomic mass is 16.6. The van der Waals surface area contributed by atoms with Crippen molar-refractivity contribution < 1.29 is 9.72 Å². The smallest absolute Gasteiger partial charge is 0.270 e. The molecule has 1 aliphatic heterocycles. The van der Waals surface area contributed by atoms with Crippen LogP contribution in [0.4, 0.5) is 5.69 Å². The number of nitro benzene ring substituents is 1. The minimum Gasteiger partial charge on any atom is -0.333 e. The van der Waals surface area contributed by atoms with Gasteiger partial charge < -0.3 is 10.2 Å². The lowest BCUT2D eigenvalue weighted by atomic mass is 10.1. The molecule has 1 aliphatic rings. The number of amides is 1. The van der Waals surface area contributed by atoms with Gasteiger partial charge in [-0.05, 0) is 19.9 Å². The molecule has 0 spiro atoms. The van der Waals surface area contributed by atoms with Crippen LogP contribution in [0.25, 0.3) is 0 Å². The first kappa shape index (κ1) is 13.5. The number of rotatable bonds is 2. The van der Waals surface area contributed by atoms with Crippen molar-refractivity contribution in [3.8, 4) is 0 Å². The molecule has 0 bridgehead atoms. The Bertz CT molecular complexity index is 504. The van der Waals surface area contributed by atoms with Crippen molar-refractivity contribution in [2.24, 2.45) is 0 Å². The molecule has 0 radical (unpaired) electrons. The van der Waals surface area contributed by atoms with Gasteiger partial charge in [0.1, 0.15) is 0 Å². The molecular weight excluding hydrogens is 246 g/mol. The van der Waals surface area contributed by atoms with Crippen LogP contribution >= 0.6 is 0 Å². The van der Waals surface area contributed by atoms with Crippen LogP contribution in [0.3, 0.4) is 0 Å². The first-order chi connectivity index (χ1) is 8.99. The molecule has 6 nitrogen and oxygen atoms in total. The third kappa shape index (κ3) is 2.90. The van der Waals surface area contributed by atoms with Crippen LogP contribution in [0, 0.1) is 10.1 Å². The Morgan fingerprint density at radius 3 is 2.89 bits per heavy atom. The van der Waals surface area contributed by atoms with Crippen LogP contribution in [0.2, 0.25) is 0 Å². The second-order valence-corrected chi connectivity index (χ2v) is 4.92. The van der Waals surface area contributed by atoms with Crippen molar-refractivity contribution in [2.45, 2.75) is 25.9 Å². The summed E-state index contributed by atoms with van der Waals surface area (Å²) in [5.74, 6) is -0.149. The van der Waals surface area contributed by atoms with E-state index in [0.717, 1.165) is 6.54 Å². The van der Waals surface area contributed by atoms with E-state index in [1.165, 1.54) is 12.1 Å². The fourth-order valence-corrected chi connectivity index (χ4v) is 2.22. The summed E-state index contributed by atoms with van der Waals surface area (Å²) in [5, 5.41) is 14.0. The first-order valence-electron chi connectivity index (χ1n) is 6.28. The van der Waals surface area contributed by atoms with Crippen molar-refractivity contribution in [3.05, 3.63) is 39.9 Å². The molecule has 2 unspecified atom stereocenters. The van der Waals surface area contributed by atoms with Crippen molar-refractivity contribution in [1.82, 2.24) is 10.2 Å². The first-order valence-corrected chi connectivity index (χ1v) is 6.28. The van der Waals surface area contributed by atoms with E-state index < -0.39 is 4.92 Å². The summed E-state index contributed by atoms with van der Waals surface area (Å²) in [6, 6.07) is 6.21. The summed E-state index contributed by atoms with van der Waals surface area (Å²) in [5.41, 5.74) is 0.317. The van der Waals surface area contributed by atoms with Gasteiger partial charge in [-0.15, -0.1) is 0 Å². The topological polar surface area (TPSA) is 75.5 Å². The van der Waals surface area contributed by atoms with E-state index in [9.17, 15) is 14.9 Å². The average Bonchev–Trinajstić information content (AvgIpc) is 2.41. The molecule has 1 amide bonds. The van der Waals surface area contributed by atoms with Crippen LogP contribution in [-0.4, -0.2) is 40.9 Å². The van der Waals surface area contributed by atoms with Gasteiger partial charge in [-0.1, -0.05) is 6.07 Å². The van der Waals surface area contributed by atoms with E-state index in [1.54, 1.807) is 17.0 Å². The van der Waals surface area contributed by atoms with E-state index in [-0.39, 0.29) is 23.7 Å². The maximum Gasteiger partial charge on any atom is 0.270 e. The second-order valence-electron chi connectivity index (χ2n) is 4.92. The Balaban J connectivity index is 2.23. The van der Waals surface area contributed by atoms with Gasteiger partial charge in [0.05, 0.1) is 4.92 Å². The van der Waals surface area contributed by atoms with E-state index in [1.807, 2.05) is 13.8 Å². The zero-order chi connectivity index (χ0) is 14.0. The molecule has 0 aromatic heterocycles. The predicted octanol–water partition coefficient (Wildman–Crippen LogP) is 1.42. The Labute approximate surface area is 111 Å². The molecule has 102 valence electrons. The molecule has 0 aliphatic carbocycles. The second kappa shape index (κ2) is 5.36. The number of carbonyl (C=O) groups excluding carboxylic acids is 1. The minimum absolute atomic E-state index is 0.0540. The molecule has 1 aromatic rings. The standard InChI is InChI=1S/C13H17N3O3/c1-9-8-15(10(2)7-14-9)13(17)11-4-3-5-12(6-11)16(18)19/h3-6,9-10,14H,7-8H2,1-2H3. The number of hydrogen-bond acceptors (Lipinski definition) is 4. The predicted molar refractivity (Wildman–Crippen MR) is 71.1 cm³/mol. The Hall–Kier alpha value is -1.95. The highest BCUT2D eigenvalue weighted by molar-refractivity contribution is 5.95. The quantitative estimate of drug-likeness (QED) is 0.646. The lowest BCUT2D eigenvalue weighted by molar-refractivity contribution is -0.384. The maximum atomic E-state index is 12.4. The van der Waals surface area contributed by atoms with Crippen LogP contribution in [-0.2, 0) is 0 Å². The zero-order valence-electron chi connectivity index (χ0n) is 11.0. The fraction of sp³-hybridized carbons (Fsp3) is 0.462. The molecule has 19 heavy (non-hydrogen) atoms. The van der Waals surface area contributed by atoms with Crippen LogP contribution in [0.15, 0.2) is 24.3 Å². The lowest BCUT2D eigenvalue weighted by Crippen LogP contribution is -2.56. The number of hydrogen-bond donors (Lipinski definition) is 1. The number of nitro groups is 1. The summed E-state index contributed by atoms with van der Waals surface area (Å²) in [6.45, 7) is 5.33. The van der Waals surface area contributed by atoms with Crippen molar-refractivity contribution >= 4 is 11.6 Å². The summed E-state index contributed by atoms with van der Waals surface area (Å²) in [6.07, 6.45) is 0. The molecule has 1 N–H and O–H groups in total. The number of nitrogens with zero attached hydrogens (tertiary/aromatic N) is 2. The molecule has 1 heterocycles. The Morgan fingerprint density at radius 2 is 2.21 bits per heavy atom. The summed E-state index contributed by atoms with van der Waals surface area (Å²) >= 11 is 0. The maximum absolute atomic E-state index is 12.4. The van der Waals surface area contributed by atoms with Gasteiger partial charge >= 0.3 is 0 Å². The van der Waals surface area contributed by atoms with Gasteiger partial charge in [-0.25, -0.2) is 0 Å². The molecule has 0 saturated carbocycles. The van der Waals surface area contributed by atoms with E-state index >= 15 is 0 Å². The van der Waals surface area contributed by atoms with Crippen molar-refractivity contribution in [1.29, 1.82) is 0 Å². The average molecular weight is 263 g/mol. The molecular formula is C13H17N3O3. The number of nitrogens with one attached hydrogen (secondary N) is 1. The third-order valence-electron chi connectivity index (χ3n) is 3.33. The number of benzene rings is 1. The highest BCUT2D eigenvalue weighted by Gasteiger charge is 2.27. The molecule has 6 heteroatoms. The zero-order valence-corrected chi connectivity index (χ0v) is 11.0. The normalized spacial score (nSPS) is 23.2. The van der Waals surface area contributed by atoms with Gasteiger partial charge in [-0.2, -0.15) is 0 Å². The van der Waals surface area contributed by atoms with Gasteiger partial charge in [0.15, 0.2) is 0 Å².